The topological polar surface area (TPSA) is 58.3 Å². The Hall–Kier alpha value is -1.95. The molecule has 0 radical (unpaired) electrons. The van der Waals surface area contributed by atoms with E-state index in [1.165, 1.54) is 0 Å². The van der Waals surface area contributed by atoms with Gasteiger partial charge in [0.15, 0.2) is 5.11 Å². The van der Waals surface area contributed by atoms with Gasteiger partial charge in [0.2, 0.25) is 5.95 Å². The molecule has 0 saturated carbocycles. The van der Waals surface area contributed by atoms with Crippen molar-refractivity contribution in [1.82, 2.24) is 14.9 Å². The summed E-state index contributed by atoms with van der Waals surface area (Å²) in [6, 6.07) is 9.90. The zero-order valence-electron chi connectivity index (χ0n) is 10.5. The number of fused-ring (bicyclic) bond motifs is 1. The van der Waals surface area contributed by atoms with Crippen LogP contribution in [-0.2, 0) is 0 Å². The van der Waals surface area contributed by atoms with Crippen molar-refractivity contribution in [2.75, 3.05) is 31.1 Å². The first-order valence-corrected chi connectivity index (χ1v) is 6.67. The fraction of sp³-hybridized carbons (Fsp3) is 0.308. The van der Waals surface area contributed by atoms with Crippen molar-refractivity contribution in [1.29, 1.82) is 0 Å². The molecule has 1 saturated heterocycles. The lowest BCUT2D eigenvalue weighted by atomic mass is 10.3. The molecule has 5 nitrogen and oxygen atoms in total. The Balaban J connectivity index is 1.79. The van der Waals surface area contributed by atoms with Gasteiger partial charge in [-0.15, -0.1) is 0 Å². The van der Waals surface area contributed by atoms with E-state index in [4.69, 9.17) is 18.0 Å². The number of anilines is 1. The van der Waals surface area contributed by atoms with Gasteiger partial charge in [-0.3, -0.25) is 0 Å². The van der Waals surface area contributed by atoms with Crippen LogP contribution in [0.4, 0.5) is 5.95 Å². The van der Waals surface area contributed by atoms with E-state index in [2.05, 4.69) is 14.9 Å². The summed E-state index contributed by atoms with van der Waals surface area (Å²) >= 11 is 4.99. The van der Waals surface area contributed by atoms with Crippen LogP contribution in [0.2, 0.25) is 0 Å². The molecule has 0 atom stereocenters. The molecule has 0 unspecified atom stereocenters. The third-order valence-corrected chi connectivity index (χ3v) is 3.57. The van der Waals surface area contributed by atoms with Crippen molar-refractivity contribution in [3.63, 3.8) is 0 Å². The average molecular weight is 273 g/mol. The average Bonchev–Trinajstić information content (AvgIpc) is 2.70. The SMILES string of the molecule is NC(=S)N1CCN(c2nc3cccccc-3n2)CC1. The molecule has 0 bridgehead atoms. The predicted molar refractivity (Wildman–Crippen MR) is 79.2 cm³/mol. The van der Waals surface area contributed by atoms with E-state index in [-0.39, 0.29) is 0 Å². The van der Waals surface area contributed by atoms with Crippen LogP contribution in [0, 0.1) is 0 Å². The molecule has 19 heavy (non-hydrogen) atoms. The molecule has 1 aliphatic carbocycles. The maximum absolute atomic E-state index is 5.63. The monoisotopic (exact) mass is 273 g/mol. The van der Waals surface area contributed by atoms with E-state index in [9.17, 15) is 0 Å². The van der Waals surface area contributed by atoms with E-state index in [0.717, 1.165) is 43.5 Å². The summed E-state index contributed by atoms with van der Waals surface area (Å²) in [6.07, 6.45) is 0. The standard InChI is InChI=1S/C13H15N5S/c14-12(19)17-6-8-18(9-7-17)13-15-10-4-2-1-3-5-11(10)16-13/h1-5H,6-9H2,(H2,14,19). The zero-order valence-corrected chi connectivity index (χ0v) is 11.3. The lowest BCUT2D eigenvalue weighted by Crippen LogP contribution is -2.50. The molecule has 1 fully saturated rings. The highest BCUT2D eigenvalue weighted by atomic mass is 32.1. The Kier molecular flexibility index (Phi) is 3.16. The second-order valence-corrected chi connectivity index (χ2v) is 4.94. The molecule has 2 N–H and O–H groups in total. The number of piperazine rings is 1. The Bertz CT molecular complexity index is 534. The van der Waals surface area contributed by atoms with Gasteiger partial charge in [-0.25, -0.2) is 9.97 Å². The number of nitrogens with zero attached hydrogens (tertiary/aromatic N) is 4. The molecule has 0 aromatic carbocycles. The quantitative estimate of drug-likeness (QED) is 0.781. The molecular weight excluding hydrogens is 258 g/mol. The van der Waals surface area contributed by atoms with E-state index >= 15 is 0 Å². The molecule has 3 rings (SSSR count). The number of hydrogen-bond acceptors (Lipinski definition) is 4. The molecule has 2 heterocycles. The first-order valence-electron chi connectivity index (χ1n) is 6.26. The van der Waals surface area contributed by atoms with Crippen LogP contribution in [0.3, 0.4) is 0 Å². The molecule has 0 aromatic rings. The van der Waals surface area contributed by atoms with Crippen LogP contribution in [0.25, 0.3) is 11.4 Å². The van der Waals surface area contributed by atoms with Gasteiger partial charge in [-0.05, 0) is 24.4 Å². The van der Waals surface area contributed by atoms with Crippen LogP contribution in [0.15, 0.2) is 30.3 Å². The van der Waals surface area contributed by atoms with Crippen molar-refractivity contribution in [3.8, 4) is 11.4 Å². The third kappa shape index (κ3) is 2.44. The second kappa shape index (κ2) is 4.97. The van der Waals surface area contributed by atoms with Gasteiger partial charge in [-0.2, -0.15) is 0 Å². The minimum Gasteiger partial charge on any atom is -0.376 e. The number of imidazole rings is 1. The lowest BCUT2D eigenvalue weighted by Gasteiger charge is -2.34. The maximum Gasteiger partial charge on any atom is 0.226 e. The molecule has 3 aliphatic rings. The zero-order chi connectivity index (χ0) is 13.2. The molecule has 98 valence electrons. The highest BCUT2D eigenvalue weighted by Crippen LogP contribution is 2.22. The number of nitrogens with two attached hydrogens (primary N) is 1. The molecule has 0 aromatic heterocycles. The number of aromatic nitrogens is 2. The van der Waals surface area contributed by atoms with Crippen molar-refractivity contribution >= 4 is 23.3 Å². The maximum atomic E-state index is 5.63. The van der Waals surface area contributed by atoms with Crippen LogP contribution in [-0.4, -0.2) is 46.2 Å². The number of rotatable bonds is 1. The van der Waals surface area contributed by atoms with Crippen molar-refractivity contribution in [3.05, 3.63) is 30.3 Å². The minimum absolute atomic E-state index is 0.472. The summed E-state index contributed by atoms with van der Waals surface area (Å²) in [5, 5.41) is 0.472. The highest BCUT2D eigenvalue weighted by molar-refractivity contribution is 7.80. The van der Waals surface area contributed by atoms with E-state index < -0.39 is 0 Å². The van der Waals surface area contributed by atoms with Gasteiger partial charge >= 0.3 is 0 Å². The molecule has 0 spiro atoms. The number of hydrogen-bond donors (Lipinski definition) is 1. The highest BCUT2D eigenvalue weighted by Gasteiger charge is 2.21. The fourth-order valence-electron chi connectivity index (χ4n) is 2.23. The largest absolute Gasteiger partial charge is 0.376 e. The summed E-state index contributed by atoms with van der Waals surface area (Å²) < 4.78 is 0. The van der Waals surface area contributed by atoms with E-state index in [1.807, 2.05) is 35.2 Å². The van der Waals surface area contributed by atoms with Gasteiger partial charge in [-0.1, -0.05) is 18.2 Å². The van der Waals surface area contributed by atoms with Gasteiger partial charge in [0, 0.05) is 26.2 Å². The normalized spacial score (nSPS) is 15.8. The smallest absolute Gasteiger partial charge is 0.226 e. The Morgan fingerprint density at radius 3 is 2.11 bits per heavy atom. The minimum atomic E-state index is 0.472. The fourth-order valence-corrected chi connectivity index (χ4v) is 2.41. The lowest BCUT2D eigenvalue weighted by molar-refractivity contribution is 0.386. The van der Waals surface area contributed by atoms with Crippen LogP contribution >= 0.6 is 12.2 Å². The van der Waals surface area contributed by atoms with Crippen molar-refractivity contribution in [2.24, 2.45) is 5.73 Å². The molecular formula is C13H15N5S. The molecule has 0 amide bonds. The summed E-state index contributed by atoms with van der Waals surface area (Å²) in [6.45, 7) is 3.35. The van der Waals surface area contributed by atoms with E-state index in [1.54, 1.807) is 0 Å². The van der Waals surface area contributed by atoms with Crippen molar-refractivity contribution in [2.45, 2.75) is 0 Å². The molecule has 6 heteroatoms. The predicted octanol–water partition coefficient (Wildman–Crippen LogP) is 0.947. The third-order valence-electron chi connectivity index (χ3n) is 3.31. The second-order valence-electron chi connectivity index (χ2n) is 4.52. The van der Waals surface area contributed by atoms with Crippen LogP contribution < -0.4 is 10.6 Å². The van der Waals surface area contributed by atoms with Gasteiger partial charge < -0.3 is 15.5 Å². The van der Waals surface area contributed by atoms with Gasteiger partial charge in [0.05, 0.1) is 11.4 Å². The van der Waals surface area contributed by atoms with E-state index in [0.29, 0.717) is 5.11 Å². The summed E-state index contributed by atoms with van der Waals surface area (Å²) in [7, 11) is 0. The Morgan fingerprint density at radius 1 is 1.00 bits per heavy atom. The summed E-state index contributed by atoms with van der Waals surface area (Å²) in [5.41, 5.74) is 7.49. The Morgan fingerprint density at radius 2 is 1.58 bits per heavy atom. The number of thiocarbonyl (C=S) groups is 1. The first-order chi connectivity index (χ1) is 9.24. The molecule has 2 aliphatic heterocycles. The van der Waals surface area contributed by atoms with Crippen molar-refractivity contribution < 1.29 is 0 Å². The summed E-state index contributed by atoms with van der Waals surface area (Å²) in [5.74, 6) is 0.795. The first kappa shape index (κ1) is 12.1. The summed E-state index contributed by atoms with van der Waals surface area (Å²) in [4.78, 5) is 13.3. The van der Waals surface area contributed by atoms with Gasteiger partial charge in [0.1, 0.15) is 0 Å². The Labute approximate surface area is 117 Å². The van der Waals surface area contributed by atoms with Crippen LogP contribution in [0.1, 0.15) is 0 Å². The van der Waals surface area contributed by atoms with Crippen LogP contribution in [0.5, 0.6) is 0 Å². The van der Waals surface area contributed by atoms with Gasteiger partial charge in [0.25, 0.3) is 0 Å².